The van der Waals surface area contributed by atoms with Crippen LogP contribution in [0.15, 0.2) is 18.2 Å². The lowest BCUT2D eigenvalue weighted by atomic mass is 9.83. The molecule has 0 bridgehead atoms. The molecule has 0 radical (unpaired) electrons. The van der Waals surface area contributed by atoms with Gasteiger partial charge in [0.25, 0.3) is 5.91 Å². The Bertz CT molecular complexity index is 687. The number of amides is 1. The fourth-order valence-electron chi connectivity index (χ4n) is 3.55. The number of rotatable bonds is 12. The van der Waals surface area contributed by atoms with E-state index in [1.54, 1.807) is 18.2 Å². The van der Waals surface area contributed by atoms with Gasteiger partial charge in [-0.3, -0.25) is 4.79 Å². The minimum Gasteiger partial charge on any atom is -0.490 e. The van der Waals surface area contributed by atoms with Crippen LogP contribution >= 0.6 is 0 Å². The van der Waals surface area contributed by atoms with Crippen LogP contribution in [0.1, 0.15) is 78.1 Å². The molecule has 1 aromatic rings. The standard InChI is InChI=1S/C24H39NO5/c1-9-12-29-24(14-16(2)3,15-17(4)5)23(27)25-19-10-11-21(30-18(6)7)20(13-19)22(26)28-8/h10-11,13,16-18H,9,12,14-15H2,1-8H3,(H,25,27). The fraction of sp³-hybridized carbons (Fsp3) is 0.667. The molecular weight excluding hydrogens is 382 g/mol. The maximum atomic E-state index is 13.4. The van der Waals surface area contributed by atoms with E-state index in [1.807, 2.05) is 20.8 Å². The molecule has 0 aromatic heterocycles. The van der Waals surface area contributed by atoms with E-state index in [0.717, 1.165) is 6.42 Å². The summed E-state index contributed by atoms with van der Waals surface area (Å²) >= 11 is 0. The number of esters is 1. The summed E-state index contributed by atoms with van der Waals surface area (Å²) in [5, 5.41) is 2.98. The predicted molar refractivity (Wildman–Crippen MR) is 120 cm³/mol. The number of anilines is 1. The van der Waals surface area contributed by atoms with Crippen molar-refractivity contribution < 1.29 is 23.8 Å². The van der Waals surface area contributed by atoms with E-state index < -0.39 is 11.6 Å². The molecule has 30 heavy (non-hydrogen) atoms. The number of carbonyl (C=O) groups excluding carboxylic acids is 2. The second-order valence-corrected chi connectivity index (χ2v) is 8.86. The molecule has 1 amide bonds. The smallest absolute Gasteiger partial charge is 0.341 e. The number of benzene rings is 1. The number of ether oxygens (including phenoxy) is 3. The van der Waals surface area contributed by atoms with Gasteiger partial charge in [0, 0.05) is 12.3 Å². The maximum Gasteiger partial charge on any atom is 0.341 e. The van der Waals surface area contributed by atoms with Crippen LogP contribution in [0.2, 0.25) is 0 Å². The van der Waals surface area contributed by atoms with Crippen LogP contribution in [0.25, 0.3) is 0 Å². The second kappa shape index (κ2) is 11.9. The van der Waals surface area contributed by atoms with E-state index in [0.29, 0.717) is 42.7 Å². The van der Waals surface area contributed by atoms with Crippen LogP contribution in [0.3, 0.4) is 0 Å². The molecule has 0 saturated carbocycles. The van der Waals surface area contributed by atoms with Crippen molar-refractivity contribution in [1.29, 1.82) is 0 Å². The number of hydrogen-bond acceptors (Lipinski definition) is 5. The summed E-state index contributed by atoms with van der Waals surface area (Å²) in [5.41, 5.74) is -0.137. The molecule has 1 N–H and O–H groups in total. The number of carbonyl (C=O) groups is 2. The van der Waals surface area contributed by atoms with Crippen LogP contribution < -0.4 is 10.1 Å². The zero-order chi connectivity index (χ0) is 22.9. The van der Waals surface area contributed by atoms with Crippen LogP contribution in [0.4, 0.5) is 5.69 Å². The van der Waals surface area contributed by atoms with E-state index in [1.165, 1.54) is 7.11 Å². The Hall–Kier alpha value is -2.08. The van der Waals surface area contributed by atoms with Gasteiger partial charge in [-0.15, -0.1) is 0 Å². The van der Waals surface area contributed by atoms with Gasteiger partial charge in [0.15, 0.2) is 0 Å². The molecule has 0 fully saturated rings. The van der Waals surface area contributed by atoms with Gasteiger partial charge in [-0.05, 0) is 63.1 Å². The lowest BCUT2D eigenvalue weighted by molar-refractivity contribution is -0.147. The normalized spacial score (nSPS) is 11.8. The first kappa shape index (κ1) is 26.0. The summed E-state index contributed by atoms with van der Waals surface area (Å²) in [6.45, 7) is 14.7. The van der Waals surface area contributed by atoms with E-state index in [9.17, 15) is 9.59 Å². The van der Waals surface area contributed by atoms with E-state index in [4.69, 9.17) is 14.2 Å². The summed E-state index contributed by atoms with van der Waals surface area (Å²) in [6.07, 6.45) is 1.98. The SMILES string of the molecule is CCCOC(CC(C)C)(CC(C)C)C(=O)Nc1ccc(OC(C)C)c(C(=O)OC)c1. The highest BCUT2D eigenvalue weighted by Gasteiger charge is 2.40. The first-order valence-electron chi connectivity index (χ1n) is 10.9. The third kappa shape index (κ3) is 7.63. The maximum absolute atomic E-state index is 13.4. The second-order valence-electron chi connectivity index (χ2n) is 8.86. The minimum atomic E-state index is -0.920. The van der Waals surface area contributed by atoms with E-state index in [-0.39, 0.29) is 17.6 Å². The minimum absolute atomic E-state index is 0.0963. The average molecular weight is 422 g/mol. The summed E-state index contributed by atoms with van der Waals surface area (Å²) in [6, 6.07) is 5.01. The van der Waals surface area contributed by atoms with Crippen molar-refractivity contribution >= 4 is 17.6 Å². The number of methoxy groups -OCH3 is 1. The fourth-order valence-corrected chi connectivity index (χ4v) is 3.55. The Labute approximate surface area is 181 Å². The molecule has 0 atom stereocenters. The summed E-state index contributed by atoms with van der Waals surface area (Å²) in [4.78, 5) is 25.7. The highest BCUT2D eigenvalue weighted by molar-refractivity contribution is 5.99. The summed E-state index contributed by atoms with van der Waals surface area (Å²) in [5.74, 6) is 0.302. The van der Waals surface area contributed by atoms with Gasteiger partial charge >= 0.3 is 5.97 Å². The third-order valence-corrected chi connectivity index (χ3v) is 4.48. The lowest BCUT2D eigenvalue weighted by Gasteiger charge is -2.35. The molecule has 0 spiro atoms. The quantitative estimate of drug-likeness (QED) is 0.454. The Morgan fingerprint density at radius 3 is 2.10 bits per heavy atom. The highest BCUT2D eigenvalue weighted by atomic mass is 16.5. The van der Waals surface area contributed by atoms with Crippen molar-refractivity contribution in [2.24, 2.45) is 11.8 Å². The Balaban J connectivity index is 3.27. The molecule has 6 heteroatoms. The van der Waals surface area contributed by atoms with Crippen LogP contribution in [-0.2, 0) is 14.3 Å². The van der Waals surface area contributed by atoms with Gasteiger partial charge < -0.3 is 19.5 Å². The van der Waals surface area contributed by atoms with Crippen LogP contribution in [0.5, 0.6) is 5.75 Å². The monoisotopic (exact) mass is 421 g/mol. The molecule has 0 heterocycles. The van der Waals surface area contributed by atoms with Gasteiger partial charge in [-0.1, -0.05) is 34.6 Å². The topological polar surface area (TPSA) is 73.9 Å². The van der Waals surface area contributed by atoms with Crippen LogP contribution in [0, 0.1) is 11.8 Å². The Kier molecular flexibility index (Phi) is 10.3. The van der Waals surface area contributed by atoms with Crippen molar-refractivity contribution in [3.63, 3.8) is 0 Å². The third-order valence-electron chi connectivity index (χ3n) is 4.48. The molecule has 1 rings (SSSR count). The largest absolute Gasteiger partial charge is 0.490 e. The van der Waals surface area contributed by atoms with Gasteiger partial charge in [-0.25, -0.2) is 4.79 Å². The summed E-state index contributed by atoms with van der Waals surface area (Å²) in [7, 11) is 1.32. The molecule has 6 nitrogen and oxygen atoms in total. The lowest BCUT2D eigenvalue weighted by Crippen LogP contribution is -2.48. The van der Waals surface area contributed by atoms with Gasteiger partial charge in [-0.2, -0.15) is 0 Å². The first-order valence-corrected chi connectivity index (χ1v) is 10.9. The van der Waals surface area contributed by atoms with Crippen molar-refractivity contribution in [2.45, 2.75) is 79.4 Å². The van der Waals surface area contributed by atoms with Crippen molar-refractivity contribution in [3.05, 3.63) is 23.8 Å². The number of hydrogen-bond donors (Lipinski definition) is 1. The Morgan fingerprint density at radius 2 is 1.63 bits per heavy atom. The predicted octanol–water partition coefficient (Wildman–Crippen LogP) is 5.46. The zero-order valence-electron chi connectivity index (χ0n) is 19.8. The Morgan fingerprint density at radius 1 is 1.03 bits per heavy atom. The van der Waals surface area contributed by atoms with E-state index >= 15 is 0 Å². The first-order chi connectivity index (χ1) is 14.0. The molecule has 0 unspecified atom stereocenters. The molecule has 0 aliphatic carbocycles. The highest BCUT2D eigenvalue weighted by Crippen LogP contribution is 2.32. The molecule has 1 aromatic carbocycles. The van der Waals surface area contributed by atoms with Gasteiger partial charge in [0.2, 0.25) is 0 Å². The van der Waals surface area contributed by atoms with Crippen molar-refractivity contribution in [2.75, 3.05) is 19.0 Å². The molecular formula is C24H39NO5. The van der Waals surface area contributed by atoms with Crippen LogP contribution in [-0.4, -0.2) is 37.3 Å². The van der Waals surface area contributed by atoms with E-state index in [2.05, 4.69) is 33.0 Å². The zero-order valence-corrected chi connectivity index (χ0v) is 19.8. The molecule has 0 aliphatic heterocycles. The van der Waals surface area contributed by atoms with Gasteiger partial charge in [0.05, 0.1) is 13.2 Å². The van der Waals surface area contributed by atoms with Crippen molar-refractivity contribution in [1.82, 2.24) is 0 Å². The van der Waals surface area contributed by atoms with Gasteiger partial charge in [0.1, 0.15) is 16.9 Å². The molecule has 170 valence electrons. The van der Waals surface area contributed by atoms with Crippen molar-refractivity contribution in [3.8, 4) is 5.75 Å². The average Bonchev–Trinajstić information content (AvgIpc) is 2.65. The molecule has 0 aliphatic rings. The summed E-state index contributed by atoms with van der Waals surface area (Å²) < 4.78 is 16.8. The number of nitrogens with one attached hydrogen (secondary N) is 1. The molecule has 0 saturated heterocycles.